The number of alkyl halides is 2. The minimum absolute atomic E-state index is 0.0414. The summed E-state index contributed by atoms with van der Waals surface area (Å²) in [6.07, 6.45) is 3.03. The molecule has 140 valence electrons. The van der Waals surface area contributed by atoms with Crippen molar-refractivity contribution in [1.29, 1.82) is 0 Å². The van der Waals surface area contributed by atoms with Crippen LogP contribution in [0.3, 0.4) is 0 Å². The fourth-order valence-electron chi connectivity index (χ4n) is 4.05. The number of hydrogen-bond acceptors (Lipinski definition) is 5. The molecular weight excluding hydrogens is 332 g/mol. The highest BCUT2D eigenvalue weighted by Crippen LogP contribution is 2.43. The lowest BCUT2D eigenvalue weighted by Gasteiger charge is -2.44. The zero-order valence-corrected chi connectivity index (χ0v) is 14.7. The third-order valence-corrected chi connectivity index (χ3v) is 5.64. The number of carbonyl (C=O) groups excluding carboxylic acids is 1. The van der Waals surface area contributed by atoms with Gasteiger partial charge in [0.25, 0.3) is 5.91 Å². The van der Waals surface area contributed by atoms with Crippen molar-refractivity contribution in [3.8, 4) is 0 Å². The molecule has 1 aromatic heterocycles. The van der Waals surface area contributed by atoms with Gasteiger partial charge in [0.1, 0.15) is 5.60 Å². The summed E-state index contributed by atoms with van der Waals surface area (Å²) in [4.78, 5) is 13.8. The van der Waals surface area contributed by atoms with Crippen molar-refractivity contribution < 1.29 is 23.1 Å². The van der Waals surface area contributed by atoms with Gasteiger partial charge in [0, 0.05) is 19.5 Å². The van der Waals surface area contributed by atoms with Gasteiger partial charge >= 0.3 is 5.92 Å². The molecule has 0 aromatic carbocycles. The normalized spacial score (nSPS) is 27.3. The number of carbonyl (C=O) groups is 1. The molecule has 0 radical (unpaired) electrons. The maximum Gasteiger partial charge on any atom is 0.352 e. The second-order valence-corrected chi connectivity index (χ2v) is 7.31. The molecule has 1 saturated carbocycles. The summed E-state index contributed by atoms with van der Waals surface area (Å²) in [5, 5.41) is 18.2. The predicted octanol–water partition coefficient (Wildman–Crippen LogP) is 2.80. The van der Waals surface area contributed by atoms with Crippen LogP contribution in [0.1, 0.15) is 69.6 Å². The predicted molar refractivity (Wildman–Crippen MR) is 85.2 cm³/mol. The Balaban J connectivity index is 1.80. The summed E-state index contributed by atoms with van der Waals surface area (Å²) in [6.45, 7) is 3.64. The fourth-order valence-corrected chi connectivity index (χ4v) is 4.05. The van der Waals surface area contributed by atoms with E-state index < -0.39 is 23.5 Å². The average Bonchev–Trinajstić information content (AvgIpc) is 3.01. The van der Waals surface area contributed by atoms with E-state index in [1.54, 1.807) is 13.8 Å². The van der Waals surface area contributed by atoms with Gasteiger partial charge in [0.15, 0.2) is 0 Å². The molecule has 25 heavy (non-hydrogen) atoms. The van der Waals surface area contributed by atoms with Crippen LogP contribution >= 0.6 is 0 Å². The average molecular weight is 357 g/mol. The lowest BCUT2D eigenvalue weighted by atomic mass is 9.79. The second-order valence-electron chi connectivity index (χ2n) is 7.31. The Morgan fingerprint density at radius 1 is 1.28 bits per heavy atom. The molecule has 3 rings (SSSR count). The number of nitrogens with zero attached hydrogens (tertiary/aromatic N) is 3. The number of aromatic nitrogens is 2. The molecule has 2 aliphatic rings. The van der Waals surface area contributed by atoms with Gasteiger partial charge in [-0.1, -0.05) is 19.3 Å². The molecule has 8 heteroatoms. The number of aliphatic hydroxyl groups is 1. The van der Waals surface area contributed by atoms with Gasteiger partial charge in [-0.3, -0.25) is 4.79 Å². The van der Waals surface area contributed by atoms with E-state index in [4.69, 9.17) is 4.42 Å². The van der Waals surface area contributed by atoms with E-state index in [2.05, 4.69) is 10.2 Å². The van der Waals surface area contributed by atoms with Crippen LogP contribution in [0.2, 0.25) is 0 Å². The molecule has 1 saturated heterocycles. The standard InChI is InChI=1S/C17H25F2N3O3/c1-11-13(14-21-20-12(2)25-14)7-6-10-22(11)15(23)17(18,19)16(24)8-4-3-5-9-16/h11,13,24H,3-10H2,1-2H3/t11-,13-/m0/s1. The van der Waals surface area contributed by atoms with Gasteiger partial charge in [-0.2, -0.15) is 8.78 Å². The van der Waals surface area contributed by atoms with Crippen molar-refractivity contribution in [2.24, 2.45) is 0 Å². The van der Waals surface area contributed by atoms with E-state index in [-0.39, 0.29) is 25.3 Å². The van der Waals surface area contributed by atoms with Crippen molar-refractivity contribution in [3.63, 3.8) is 0 Å². The van der Waals surface area contributed by atoms with Crippen LogP contribution in [-0.2, 0) is 4.79 Å². The molecule has 1 aliphatic carbocycles. The van der Waals surface area contributed by atoms with Crippen LogP contribution in [0.15, 0.2) is 4.42 Å². The van der Waals surface area contributed by atoms with E-state index in [9.17, 15) is 18.7 Å². The molecule has 1 amide bonds. The van der Waals surface area contributed by atoms with Gasteiger partial charge in [-0.25, -0.2) is 0 Å². The molecule has 6 nitrogen and oxygen atoms in total. The van der Waals surface area contributed by atoms with Gasteiger partial charge in [-0.15, -0.1) is 10.2 Å². The molecule has 1 aromatic rings. The Morgan fingerprint density at radius 3 is 2.56 bits per heavy atom. The van der Waals surface area contributed by atoms with Crippen LogP contribution in [0.5, 0.6) is 0 Å². The highest BCUT2D eigenvalue weighted by atomic mass is 19.3. The first-order valence-corrected chi connectivity index (χ1v) is 8.97. The summed E-state index contributed by atoms with van der Waals surface area (Å²) < 4.78 is 35.2. The van der Waals surface area contributed by atoms with E-state index in [1.165, 1.54) is 4.90 Å². The Bertz CT molecular complexity index is 628. The Kier molecular flexibility index (Phi) is 4.83. The molecule has 1 aliphatic heterocycles. The first-order chi connectivity index (χ1) is 11.8. The van der Waals surface area contributed by atoms with Gasteiger partial charge in [0.05, 0.1) is 5.92 Å². The number of amides is 1. The summed E-state index contributed by atoms with van der Waals surface area (Å²) >= 11 is 0. The third kappa shape index (κ3) is 3.16. The van der Waals surface area contributed by atoms with Crippen molar-refractivity contribution in [1.82, 2.24) is 15.1 Å². The largest absolute Gasteiger partial charge is 0.425 e. The van der Waals surface area contributed by atoms with Crippen LogP contribution in [-0.4, -0.2) is 50.2 Å². The summed E-state index contributed by atoms with van der Waals surface area (Å²) in [6, 6.07) is -0.487. The zero-order valence-electron chi connectivity index (χ0n) is 14.7. The monoisotopic (exact) mass is 357 g/mol. The number of rotatable bonds is 3. The molecule has 2 fully saturated rings. The molecule has 2 heterocycles. The minimum Gasteiger partial charge on any atom is -0.425 e. The number of likely N-dealkylation sites (tertiary alicyclic amines) is 1. The molecule has 0 bridgehead atoms. The van der Waals surface area contributed by atoms with Gasteiger partial charge < -0.3 is 14.4 Å². The van der Waals surface area contributed by atoms with Crippen LogP contribution in [0.4, 0.5) is 8.78 Å². The van der Waals surface area contributed by atoms with Crippen LogP contribution in [0, 0.1) is 6.92 Å². The minimum atomic E-state index is -3.78. The van der Waals surface area contributed by atoms with E-state index >= 15 is 0 Å². The van der Waals surface area contributed by atoms with Crippen molar-refractivity contribution in [2.75, 3.05) is 6.54 Å². The van der Waals surface area contributed by atoms with Gasteiger partial charge in [0.2, 0.25) is 11.8 Å². The Hall–Kier alpha value is -1.57. The van der Waals surface area contributed by atoms with Gasteiger partial charge in [-0.05, 0) is 32.6 Å². The Labute approximate surface area is 145 Å². The van der Waals surface area contributed by atoms with E-state index in [1.807, 2.05) is 0 Å². The number of piperidine rings is 1. The van der Waals surface area contributed by atoms with Crippen LogP contribution < -0.4 is 0 Å². The molecular formula is C17H25F2N3O3. The summed E-state index contributed by atoms with van der Waals surface area (Å²) in [5.41, 5.74) is -2.24. The molecule has 0 spiro atoms. The van der Waals surface area contributed by atoms with E-state index in [0.717, 1.165) is 6.42 Å². The molecule has 2 atom stereocenters. The maximum atomic E-state index is 14.9. The smallest absolute Gasteiger partial charge is 0.352 e. The zero-order chi connectivity index (χ0) is 18.2. The van der Waals surface area contributed by atoms with E-state index in [0.29, 0.717) is 37.5 Å². The molecule has 1 N–H and O–H groups in total. The number of halogens is 2. The SMILES string of the molecule is Cc1nnc([C@H]2CCCN(C(=O)C(F)(F)C3(O)CCCCC3)[C@H]2C)o1. The first-order valence-electron chi connectivity index (χ1n) is 8.97. The topological polar surface area (TPSA) is 79.5 Å². The van der Waals surface area contributed by atoms with Crippen LogP contribution in [0.25, 0.3) is 0 Å². The highest BCUT2D eigenvalue weighted by Gasteiger charge is 2.60. The fraction of sp³-hybridized carbons (Fsp3) is 0.824. The molecule has 0 unspecified atom stereocenters. The Morgan fingerprint density at radius 2 is 1.96 bits per heavy atom. The quantitative estimate of drug-likeness (QED) is 0.900. The maximum absolute atomic E-state index is 14.9. The number of aryl methyl sites for hydroxylation is 1. The number of hydrogen-bond donors (Lipinski definition) is 1. The van der Waals surface area contributed by atoms with Crippen molar-refractivity contribution in [2.45, 2.75) is 82.3 Å². The second kappa shape index (κ2) is 6.63. The lowest BCUT2D eigenvalue weighted by Crippen LogP contribution is -2.61. The first kappa shape index (κ1) is 18.2. The summed E-state index contributed by atoms with van der Waals surface area (Å²) in [5.74, 6) is -4.55. The van der Waals surface area contributed by atoms with Crippen molar-refractivity contribution >= 4 is 5.91 Å². The van der Waals surface area contributed by atoms with Crippen molar-refractivity contribution in [3.05, 3.63) is 11.8 Å². The summed E-state index contributed by atoms with van der Waals surface area (Å²) in [7, 11) is 0. The third-order valence-electron chi connectivity index (χ3n) is 5.64. The highest BCUT2D eigenvalue weighted by molar-refractivity contribution is 5.85. The lowest BCUT2D eigenvalue weighted by molar-refractivity contribution is -0.212.